The van der Waals surface area contributed by atoms with Crippen molar-refractivity contribution in [1.82, 2.24) is 4.72 Å². The van der Waals surface area contributed by atoms with Crippen molar-refractivity contribution in [2.75, 3.05) is 6.61 Å². The van der Waals surface area contributed by atoms with Gasteiger partial charge in [-0.05, 0) is 18.1 Å². The van der Waals surface area contributed by atoms with Crippen molar-refractivity contribution in [2.45, 2.75) is 37.3 Å². The number of benzene rings is 1. The summed E-state index contributed by atoms with van der Waals surface area (Å²) in [6.45, 7) is 3.57. The van der Waals surface area contributed by atoms with E-state index >= 15 is 0 Å². The highest BCUT2D eigenvalue weighted by molar-refractivity contribution is 7.89. The van der Waals surface area contributed by atoms with Crippen LogP contribution in [0.25, 0.3) is 0 Å². The summed E-state index contributed by atoms with van der Waals surface area (Å²) in [6, 6.07) is 6.64. The van der Waals surface area contributed by atoms with Gasteiger partial charge in [-0.15, -0.1) is 0 Å². The van der Waals surface area contributed by atoms with Crippen molar-refractivity contribution >= 4 is 22.0 Å². The molecule has 0 aliphatic carbocycles. The molecule has 1 heterocycles. The van der Waals surface area contributed by atoms with Crippen LogP contribution in [0.1, 0.15) is 20.3 Å². The van der Waals surface area contributed by atoms with Crippen molar-refractivity contribution in [3.05, 3.63) is 30.3 Å². The van der Waals surface area contributed by atoms with E-state index in [9.17, 15) is 18.0 Å². The van der Waals surface area contributed by atoms with Crippen LogP contribution < -0.4 is 4.72 Å². The first kappa shape index (κ1) is 17.4. The van der Waals surface area contributed by atoms with Crippen LogP contribution in [0.15, 0.2) is 35.2 Å². The molecular formula is C15H19NO6S. The molecule has 1 saturated heterocycles. The summed E-state index contributed by atoms with van der Waals surface area (Å²) in [5, 5.41) is 0. The van der Waals surface area contributed by atoms with Gasteiger partial charge in [-0.1, -0.05) is 32.0 Å². The molecule has 0 amide bonds. The lowest BCUT2D eigenvalue weighted by Gasteiger charge is -2.21. The fourth-order valence-electron chi connectivity index (χ4n) is 2.09. The average Bonchev–Trinajstić information content (AvgIpc) is 2.90. The molecule has 0 radical (unpaired) electrons. The molecular weight excluding hydrogens is 322 g/mol. The first-order valence-corrected chi connectivity index (χ1v) is 8.74. The SMILES string of the molecule is CC(C)[C@@H](NS(=O)(=O)c1ccccc1)C(=O)O[C@H]1CCOC1=O. The van der Waals surface area contributed by atoms with Gasteiger partial charge in [-0.3, -0.25) is 4.79 Å². The summed E-state index contributed by atoms with van der Waals surface area (Å²) in [6.07, 6.45) is -0.689. The van der Waals surface area contributed by atoms with Crippen molar-refractivity contribution in [1.29, 1.82) is 0 Å². The minimum absolute atomic E-state index is 0.0544. The molecule has 1 aliphatic rings. The molecule has 1 fully saturated rings. The molecule has 23 heavy (non-hydrogen) atoms. The monoisotopic (exact) mass is 341 g/mol. The summed E-state index contributed by atoms with van der Waals surface area (Å²) in [5.41, 5.74) is 0. The van der Waals surface area contributed by atoms with E-state index in [-0.39, 0.29) is 23.8 Å². The first-order chi connectivity index (χ1) is 10.8. The number of hydrogen-bond donors (Lipinski definition) is 1. The van der Waals surface area contributed by atoms with E-state index in [4.69, 9.17) is 9.47 Å². The zero-order valence-electron chi connectivity index (χ0n) is 12.9. The van der Waals surface area contributed by atoms with E-state index in [0.29, 0.717) is 0 Å². The Labute approximate surface area is 135 Å². The third-order valence-corrected chi connectivity index (χ3v) is 4.86. The lowest BCUT2D eigenvalue weighted by molar-refractivity contribution is -0.162. The second-order valence-electron chi connectivity index (χ2n) is 5.54. The zero-order valence-corrected chi connectivity index (χ0v) is 13.7. The zero-order chi connectivity index (χ0) is 17.0. The van der Waals surface area contributed by atoms with Gasteiger partial charge in [-0.2, -0.15) is 4.72 Å². The van der Waals surface area contributed by atoms with Crippen LogP contribution in [0.5, 0.6) is 0 Å². The van der Waals surface area contributed by atoms with Gasteiger partial charge in [0.1, 0.15) is 6.04 Å². The molecule has 0 saturated carbocycles. The Morgan fingerprint density at radius 2 is 1.96 bits per heavy atom. The normalized spacial score (nSPS) is 19.4. The second kappa shape index (κ2) is 7.10. The molecule has 1 N–H and O–H groups in total. The summed E-state index contributed by atoms with van der Waals surface area (Å²) in [7, 11) is -3.86. The van der Waals surface area contributed by atoms with Gasteiger partial charge < -0.3 is 9.47 Å². The number of esters is 2. The van der Waals surface area contributed by atoms with Crippen LogP contribution in [0.4, 0.5) is 0 Å². The van der Waals surface area contributed by atoms with Crippen molar-refractivity contribution in [3.8, 4) is 0 Å². The van der Waals surface area contributed by atoms with Crippen LogP contribution >= 0.6 is 0 Å². The van der Waals surface area contributed by atoms with E-state index in [1.165, 1.54) is 12.1 Å². The highest BCUT2D eigenvalue weighted by atomic mass is 32.2. The quantitative estimate of drug-likeness (QED) is 0.770. The van der Waals surface area contributed by atoms with E-state index in [1.54, 1.807) is 32.0 Å². The topological polar surface area (TPSA) is 98.8 Å². The predicted molar refractivity (Wildman–Crippen MR) is 80.8 cm³/mol. The van der Waals surface area contributed by atoms with Crippen LogP contribution in [0.2, 0.25) is 0 Å². The van der Waals surface area contributed by atoms with Gasteiger partial charge >= 0.3 is 11.9 Å². The maximum atomic E-state index is 12.3. The highest BCUT2D eigenvalue weighted by Crippen LogP contribution is 2.16. The second-order valence-corrected chi connectivity index (χ2v) is 7.25. The molecule has 2 atom stereocenters. The molecule has 8 heteroatoms. The van der Waals surface area contributed by atoms with Gasteiger partial charge in [0, 0.05) is 6.42 Å². The van der Waals surface area contributed by atoms with E-state index < -0.39 is 34.1 Å². The average molecular weight is 341 g/mol. The van der Waals surface area contributed by atoms with E-state index in [1.807, 2.05) is 0 Å². The molecule has 1 aliphatic heterocycles. The predicted octanol–water partition coefficient (Wildman–Crippen LogP) is 0.848. The van der Waals surface area contributed by atoms with Crippen molar-refractivity contribution in [3.63, 3.8) is 0 Å². The van der Waals surface area contributed by atoms with Gasteiger partial charge in [0.15, 0.2) is 0 Å². The number of hydrogen-bond acceptors (Lipinski definition) is 6. The number of carbonyl (C=O) groups excluding carboxylic acids is 2. The Morgan fingerprint density at radius 3 is 2.48 bits per heavy atom. The fraction of sp³-hybridized carbons (Fsp3) is 0.467. The minimum atomic E-state index is -3.86. The Hall–Kier alpha value is -1.93. The molecule has 1 aromatic carbocycles. The van der Waals surface area contributed by atoms with Gasteiger partial charge in [0.25, 0.3) is 0 Å². The number of rotatable bonds is 6. The maximum Gasteiger partial charge on any atom is 0.347 e. The Morgan fingerprint density at radius 1 is 1.30 bits per heavy atom. The number of sulfonamides is 1. The van der Waals surface area contributed by atoms with Gasteiger partial charge in [0.2, 0.25) is 16.1 Å². The minimum Gasteiger partial charge on any atom is -0.463 e. The standard InChI is InChI=1S/C15H19NO6S/c1-10(2)13(15(18)22-12-8-9-21-14(12)17)16-23(19,20)11-6-4-3-5-7-11/h3-7,10,12-13,16H,8-9H2,1-2H3/t12-,13+/m0/s1. The Balaban J connectivity index is 2.12. The van der Waals surface area contributed by atoms with Crippen molar-refractivity contribution in [2.24, 2.45) is 5.92 Å². The molecule has 0 unspecified atom stereocenters. The summed E-state index contributed by atoms with van der Waals surface area (Å²) in [5.74, 6) is -1.74. The third-order valence-electron chi connectivity index (χ3n) is 3.40. The number of ether oxygens (including phenoxy) is 2. The molecule has 2 rings (SSSR count). The van der Waals surface area contributed by atoms with Crippen LogP contribution in [-0.4, -0.2) is 39.1 Å². The fourth-order valence-corrected chi connectivity index (χ4v) is 3.44. The van der Waals surface area contributed by atoms with Crippen LogP contribution in [0.3, 0.4) is 0 Å². The molecule has 1 aromatic rings. The lowest BCUT2D eigenvalue weighted by atomic mass is 10.1. The summed E-state index contributed by atoms with van der Waals surface area (Å²) in [4.78, 5) is 23.7. The number of cyclic esters (lactones) is 1. The van der Waals surface area contributed by atoms with Gasteiger partial charge in [-0.25, -0.2) is 13.2 Å². The molecule has 0 spiro atoms. The Bertz CT molecular complexity index is 670. The van der Waals surface area contributed by atoms with Gasteiger partial charge in [0.05, 0.1) is 11.5 Å². The molecule has 0 bridgehead atoms. The number of carbonyl (C=O) groups is 2. The van der Waals surface area contributed by atoms with Crippen LogP contribution in [-0.2, 0) is 29.1 Å². The Kier molecular flexibility index (Phi) is 5.38. The van der Waals surface area contributed by atoms with E-state index in [0.717, 1.165) is 0 Å². The maximum absolute atomic E-state index is 12.3. The summed E-state index contributed by atoms with van der Waals surface area (Å²) >= 11 is 0. The molecule has 7 nitrogen and oxygen atoms in total. The third kappa shape index (κ3) is 4.29. The largest absolute Gasteiger partial charge is 0.463 e. The number of nitrogens with one attached hydrogen (secondary N) is 1. The highest BCUT2D eigenvalue weighted by Gasteiger charge is 2.35. The summed E-state index contributed by atoms with van der Waals surface area (Å²) < 4.78 is 36.8. The molecule has 126 valence electrons. The van der Waals surface area contributed by atoms with E-state index in [2.05, 4.69) is 4.72 Å². The van der Waals surface area contributed by atoms with Crippen LogP contribution in [0, 0.1) is 5.92 Å². The molecule has 0 aromatic heterocycles. The first-order valence-electron chi connectivity index (χ1n) is 7.26. The smallest absolute Gasteiger partial charge is 0.347 e. The lowest BCUT2D eigenvalue weighted by Crippen LogP contribution is -2.46. The van der Waals surface area contributed by atoms with Crippen molar-refractivity contribution < 1.29 is 27.5 Å².